The maximum atomic E-state index is 11.4. The third-order valence-corrected chi connectivity index (χ3v) is 5.82. The van der Waals surface area contributed by atoms with Gasteiger partial charge in [-0.15, -0.1) is 11.6 Å². The Morgan fingerprint density at radius 2 is 2.24 bits per heavy atom. The molecule has 1 heterocycles. The maximum Gasteiger partial charge on any atom is 0.262 e. The van der Waals surface area contributed by atoms with Gasteiger partial charge in [0.2, 0.25) is 0 Å². The molecule has 0 aromatic heterocycles. The van der Waals surface area contributed by atoms with Gasteiger partial charge in [0.05, 0.1) is 11.1 Å². The van der Waals surface area contributed by atoms with E-state index in [1.165, 1.54) is 25.7 Å². The first-order chi connectivity index (χ1) is 10.2. The number of anilines is 1. The Morgan fingerprint density at radius 3 is 3.00 bits per heavy atom. The lowest BCUT2D eigenvalue weighted by Crippen LogP contribution is -2.25. The van der Waals surface area contributed by atoms with Crippen LogP contribution in [-0.2, 0) is 4.79 Å². The molecule has 3 aliphatic rings. The first kappa shape index (κ1) is 13.4. The molecule has 2 bridgehead atoms. The zero-order chi connectivity index (χ0) is 14.4. The van der Waals surface area contributed by atoms with E-state index < -0.39 is 0 Å². The van der Waals surface area contributed by atoms with Crippen LogP contribution >= 0.6 is 11.6 Å². The number of amides is 1. The molecule has 4 rings (SSSR count). The molecule has 1 aliphatic heterocycles. The molecule has 0 radical (unpaired) electrons. The van der Waals surface area contributed by atoms with Gasteiger partial charge in [0.1, 0.15) is 5.75 Å². The van der Waals surface area contributed by atoms with E-state index in [4.69, 9.17) is 16.3 Å². The van der Waals surface area contributed by atoms with E-state index in [0.717, 1.165) is 41.2 Å². The van der Waals surface area contributed by atoms with Gasteiger partial charge in [-0.1, -0.05) is 12.5 Å². The van der Waals surface area contributed by atoms with Crippen LogP contribution in [0.1, 0.15) is 43.0 Å². The maximum absolute atomic E-state index is 11.4. The summed E-state index contributed by atoms with van der Waals surface area (Å²) in [6.07, 6.45) is 6.65. The number of ether oxygens (including phenoxy) is 1. The summed E-state index contributed by atoms with van der Waals surface area (Å²) in [5, 5.41) is 2.88. The van der Waals surface area contributed by atoms with Crippen molar-refractivity contribution in [3.8, 4) is 5.75 Å². The Kier molecular flexibility index (Phi) is 3.33. The number of nitrogens with one attached hydrogen (secondary N) is 1. The van der Waals surface area contributed by atoms with E-state index in [9.17, 15) is 4.79 Å². The molecular formula is C17H20ClNO2. The molecule has 2 fully saturated rings. The van der Waals surface area contributed by atoms with Gasteiger partial charge in [-0.05, 0) is 61.1 Å². The van der Waals surface area contributed by atoms with Crippen molar-refractivity contribution in [2.45, 2.75) is 37.5 Å². The standard InChI is InChI=1S/C17H20ClNO2/c18-14(7-13-6-10-1-2-11(13)5-10)12-3-4-16-15(8-12)19-17(20)9-21-16/h3-4,8,10-11,13-14H,1-2,5-7,9H2,(H,19,20). The number of halogens is 1. The third kappa shape index (κ3) is 2.52. The zero-order valence-corrected chi connectivity index (χ0v) is 12.7. The third-order valence-electron chi connectivity index (χ3n) is 5.39. The summed E-state index contributed by atoms with van der Waals surface area (Å²) >= 11 is 6.65. The minimum Gasteiger partial charge on any atom is -0.482 e. The quantitative estimate of drug-likeness (QED) is 0.853. The second kappa shape index (κ2) is 5.20. The first-order valence-corrected chi connectivity index (χ1v) is 8.33. The number of carbonyl (C=O) groups excluding carboxylic acids is 1. The normalized spacial score (nSPS) is 31.5. The number of carbonyl (C=O) groups is 1. The molecule has 1 N–H and O–H groups in total. The molecule has 2 aliphatic carbocycles. The summed E-state index contributed by atoms with van der Waals surface area (Å²) in [6.45, 7) is 0.0990. The minimum absolute atomic E-state index is 0.0264. The average molecular weight is 306 g/mol. The van der Waals surface area contributed by atoms with Crippen LogP contribution in [-0.4, -0.2) is 12.5 Å². The van der Waals surface area contributed by atoms with Crippen molar-refractivity contribution < 1.29 is 9.53 Å². The first-order valence-electron chi connectivity index (χ1n) is 7.89. The fourth-order valence-corrected chi connectivity index (χ4v) is 4.73. The van der Waals surface area contributed by atoms with Crippen LogP contribution in [0.25, 0.3) is 0 Å². The molecular weight excluding hydrogens is 286 g/mol. The Bertz CT molecular complexity index is 574. The highest BCUT2D eigenvalue weighted by Gasteiger charge is 2.40. The van der Waals surface area contributed by atoms with Crippen LogP contribution < -0.4 is 10.1 Å². The van der Waals surface area contributed by atoms with Gasteiger partial charge in [-0.2, -0.15) is 0 Å². The second-order valence-corrected chi connectivity index (χ2v) is 7.26. The van der Waals surface area contributed by atoms with Gasteiger partial charge in [0.25, 0.3) is 5.91 Å². The zero-order valence-electron chi connectivity index (χ0n) is 12.0. The molecule has 0 spiro atoms. The highest BCUT2D eigenvalue weighted by molar-refractivity contribution is 6.20. The largest absolute Gasteiger partial charge is 0.482 e. The highest BCUT2D eigenvalue weighted by atomic mass is 35.5. The number of alkyl halides is 1. The van der Waals surface area contributed by atoms with Crippen molar-refractivity contribution in [3.05, 3.63) is 23.8 Å². The number of benzene rings is 1. The van der Waals surface area contributed by atoms with Crippen molar-refractivity contribution in [3.63, 3.8) is 0 Å². The molecule has 2 saturated carbocycles. The molecule has 1 aromatic rings. The van der Waals surface area contributed by atoms with Crippen LogP contribution in [0.5, 0.6) is 5.75 Å². The highest BCUT2D eigenvalue weighted by Crippen LogP contribution is 2.51. The molecule has 1 aromatic carbocycles. The van der Waals surface area contributed by atoms with Gasteiger partial charge in [0, 0.05) is 0 Å². The molecule has 4 atom stereocenters. The lowest BCUT2D eigenvalue weighted by Gasteiger charge is -2.25. The number of rotatable bonds is 3. The molecule has 112 valence electrons. The van der Waals surface area contributed by atoms with E-state index in [1.807, 2.05) is 18.2 Å². The Morgan fingerprint density at radius 1 is 1.33 bits per heavy atom. The van der Waals surface area contributed by atoms with Crippen molar-refractivity contribution in [2.75, 3.05) is 11.9 Å². The van der Waals surface area contributed by atoms with E-state index in [2.05, 4.69) is 5.32 Å². The second-order valence-electron chi connectivity index (χ2n) is 6.73. The van der Waals surface area contributed by atoms with Gasteiger partial charge in [-0.25, -0.2) is 0 Å². The molecule has 3 nitrogen and oxygen atoms in total. The summed E-state index contributed by atoms with van der Waals surface area (Å²) < 4.78 is 5.39. The summed E-state index contributed by atoms with van der Waals surface area (Å²) in [4.78, 5) is 11.4. The summed E-state index contributed by atoms with van der Waals surface area (Å²) in [5.41, 5.74) is 1.84. The summed E-state index contributed by atoms with van der Waals surface area (Å²) in [7, 11) is 0. The van der Waals surface area contributed by atoms with E-state index >= 15 is 0 Å². The molecule has 4 unspecified atom stereocenters. The summed E-state index contributed by atoms with van der Waals surface area (Å²) in [6, 6.07) is 5.92. The molecule has 4 heteroatoms. The average Bonchev–Trinajstić information content (AvgIpc) is 3.09. The monoisotopic (exact) mass is 305 g/mol. The Balaban J connectivity index is 1.48. The van der Waals surface area contributed by atoms with Crippen LogP contribution in [0.3, 0.4) is 0 Å². The van der Waals surface area contributed by atoms with Gasteiger partial charge < -0.3 is 10.1 Å². The van der Waals surface area contributed by atoms with Gasteiger partial charge in [0.15, 0.2) is 6.61 Å². The minimum atomic E-state index is -0.0983. The van der Waals surface area contributed by atoms with E-state index in [0.29, 0.717) is 0 Å². The van der Waals surface area contributed by atoms with Crippen molar-refractivity contribution in [1.82, 2.24) is 0 Å². The smallest absolute Gasteiger partial charge is 0.262 e. The van der Waals surface area contributed by atoms with Crippen molar-refractivity contribution in [2.24, 2.45) is 17.8 Å². The molecule has 1 amide bonds. The molecule has 21 heavy (non-hydrogen) atoms. The number of fused-ring (bicyclic) bond motifs is 3. The van der Waals surface area contributed by atoms with Gasteiger partial charge in [-0.3, -0.25) is 4.79 Å². The SMILES string of the molecule is O=C1COc2ccc(C(Cl)CC3CC4CCC3C4)cc2N1. The number of hydrogen-bond donors (Lipinski definition) is 1. The lowest BCUT2D eigenvalue weighted by molar-refractivity contribution is -0.118. The van der Waals surface area contributed by atoms with E-state index in [-0.39, 0.29) is 17.9 Å². The fourth-order valence-electron chi connectivity index (χ4n) is 4.36. The fraction of sp³-hybridized carbons (Fsp3) is 0.588. The van der Waals surface area contributed by atoms with E-state index in [1.54, 1.807) is 0 Å². The van der Waals surface area contributed by atoms with Crippen molar-refractivity contribution >= 4 is 23.2 Å². The van der Waals surface area contributed by atoms with Crippen LogP contribution in [0.15, 0.2) is 18.2 Å². The number of hydrogen-bond acceptors (Lipinski definition) is 2. The lowest BCUT2D eigenvalue weighted by atomic mass is 9.84. The van der Waals surface area contributed by atoms with Gasteiger partial charge >= 0.3 is 0 Å². The predicted octanol–water partition coefficient (Wildman–Crippen LogP) is 4.12. The molecule has 0 saturated heterocycles. The van der Waals surface area contributed by atoms with Crippen LogP contribution in [0.4, 0.5) is 5.69 Å². The topological polar surface area (TPSA) is 38.3 Å². The van der Waals surface area contributed by atoms with Crippen LogP contribution in [0.2, 0.25) is 0 Å². The summed E-state index contributed by atoms with van der Waals surface area (Å²) in [5.74, 6) is 3.28. The predicted molar refractivity (Wildman–Crippen MR) is 82.7 cm³/mol. The Hall–Kier alpha value is -1.22. The van der Waals surface area contributed by atoms with Crippen LogP contribution in [0, 0.1) is 17.8 Å². The Labute approximate surface area is 130 Å². The van der Waals surface area contributed by atoms with Crippen molar-refractivity contribution in [1.29, 1.82) is 0 Å².